The second kappa shape index (κ2) is 8.72. The van der Waals surface area contributed by atoms with Crippen molar-refractivity contribution in [3.05, 3.63) is 52.6 Å². The van der Waals surface area contributed by atoms with E-state index in [0.29, 0.717) is 12.2 Å². The number of rotatable bonds is 6. The first kappa shape index (κ1) is 22.2. The zero-order valence-corrected chi connectivity index (χ0v) is 18.8. The molecule has 2 N–H and O–H groups in total. The number of aromatic amines is 1. The van der Waals surface area contributed by atoms with Crippen LogP contribution in [-0.4, -0.2) is 44.4 Å². The lowest BCUT2D eigenvalue weighted by Crippen LogP contribution is -2.63. The van der Waals surface area contributed by atoms with Gasteiger partial charge >= 0.3 is 0 Å². The van der Waals surface area contributed by atoms with E-state index in [1.807, 2.05) is 17.0 Å². The second-order valence-electron chi connectivity index (χ2n) is 9.66. The third-order valence-electron chi connectivity index (χ3n) is 5.75. The molecule has 2 aromatic rings. The van der Waals surface area contributed by atoms with Gasteiger partial charge in [-0.15, -0.1) is 0 Å². The molecule has 1 saturated heterocycles. The molecule has 0 bridgehead atoms. The summed E-state index contributed by atoms with van der Waals surface area (Å²) in [6.07, 6.45) is 7.00. The molecule has 0 spiro atoms. The molecule has 0 aliphatic carbocycles. The number of carbonyl (C=O) groups is 1. The van der Waals surface area contributed by atoms with E-state index in [1.54, 1.807) is 24.5 Å². The summed E-state index contributed by atoms with van der Waals surface area (Å²) in [5.41, 5.74) is 1.26. The average Bonchev–Trinajstić information content (AvgIpc) is 2.66. The fourth-order valence-electron chi connectivity index (χ4n) is 4.76. The lowest BCUT2D eigenvalue weighted by molar-refractivity contribution is 0.0440. The van der Waals surface area contributed by atoms with E-state index in [-0.39, 0.29) is 34.1 Å². The molecule has 0 radical (unpaired) electrons. The number of carbonyl (C=O) groups excluding carboxylic acids is 1. The van der Waals surface area contributed by atoms with Gasteiger partial charge in [0.15, 0.2) is 0 Å². The van der Waals surface area contributed by atoms with Crippen molar-refractivity contribution in [2.45, 2.75) is 77.4 Å². The first-order valence-corrected chi connectivity index (χ1v) is 10.9. The van der Waals surface area contributed by atoms with Crippen LogP contribution in [0.5, 0.6) is 0 Å². The number of unbranched alkanes of at least 4 members (excludes halogenated alkanes) is 1. The van der Waals surface area contributed by atoms with Gasteiger partial charge in [0.05, 0.1) is 0 Å². The summed E-state index contributed by atoms with van der Waals surface area (Å²) >= 11 is 0. The van der Waals surface area contributed by atoms with E-state index in [0.717, 1.165) is 31.2 Å². The summed E-state index contributed by atoms with van der Waals surface area (Å²) in [7, 11) is 0. The Labute approximate surface area is 179 Å². The van der Waals surface area contributed by atoms with Crippen molar-refractivity contribution >= 4 is 5.91 Å². The minimum absolute atomic E-state index is 0.0746. The van der Waals surface area contributed by atoms with E-state index >= 15 is 0 Å². The van der Waals surface area contributed by atoms with Crippen molar-refractivity contribution in [2.24, 2.45) is 0 Å². The van der Waals surface area contributed by atoms with Gasteiger partial charge in [-0.25, -0.2) is 0 Å². The molecule has 1 aliphatic heterocycles. The summed E-state index contributed by atoms with van der Waals surface area (Å²) in [4.78, 5) is 35.2. The minimum atomic E-state index is -0.344. The van der Waals surface area contributed by atoms with E-state index in [4.69, 9.17) is 0 Å². The first-order valence-electron chi connectivity index (χ1n) is 10.9. The highest BCUT2D eigenvalue weighted by atomic mass is 16.2. The molecule has 30 heavy (non-hydrogen) atoms. The number of aromatic nitrogens is 2. The van der Waals surface area contributed by atoms with Crippen molar-refractivity contribution in [1.29, 1.82) is 0 Å². The number of nitrogens with zero attached hydrogens (tertiary/aromatic N) is 2. The highest BCUT2D eigenvalue weighted by Gasteiger charge is 2.41. The van der Waals surface area contributed by atoms with Gasteiger partial charge in [0.1, 0.15) is 5.56 Å². The van der Waals surface area contributed by atoms with Gasteiger partial charge in [-0.2, -0.15) is 0 Å². The number of amides is 1. The van der Waals surface area contributed by atoms with E-state index in [2.05, 4.69) is 49.9 Å². The van der Waals surface area contributed by atoms with Gasteiger partial charge in [0.25, 0.3) is 11.5 Å². The molecule has 2 aromatic heterocycles. The Hall–Kier alpha value is -2.47. The van der Waals surface area contributed by atoms with Crippen molar-refractivity contribution in [3.8, 4) is 11.3 Å². The third-order valence-corrected chi connectivity index (χ3v) is 5.75. The molecule has 6 nitrogen and oxygen atoms in total. The molecule has 1 aliphatic rings. The van der Waals surface area contributed by atoms with Crippen LogP contribution in [0.25, 0.3) is 11.3 Å². The normalized spacial score (nSPS) is 18.2. The molecular weight excluding hydrogens is 376 g/mol. The zero-order chi connectivity index (χ0) is 21.9. The lowest BCUT2D eigenvalue weighted by atomic mass is 9.78. The predicted octanol–water partition coefficient (Wildman–Crippen LogP) is 3.99. The number of H-pyrrole nitrogens is 1. The first-order chi connectivity index (χ1) is 14.1. The van der Waals surface area contributed by atoms with Gasteiger partial charge in [-0.3, -0.25) is 14.6 Å². The molecule has 0 unspecified atom stereocenters. The third kappa shape index (κ3) is 5.17. The molecule has 1 amide bonds. The topological polar surface area (TPSA) is 78.1 Å². The van der Waals surface area contributed by atoms with Gasteiger partial charge in [0.2, 0.25) is 0 Å². The molecule has 0 aromatic carbocycles. The molecule has 6 heteroatoms. The maximum Gasteiger partial charge on any atom is 0.261 e. The largest absolute Gasteiger partial charge is 0.335 e. The smallest absolute Gasteiger partial charge is 0.261 e. The quantitative estimate of drug-likeness (QED) is 0.755. The van der Waals surface area contributed by atoms with Crippen LogP contribution < -0.4 is 10.9 Å². The minimum Gasteiger partial charge on any atom is -0.335 e. The maximum atomic E-state index is 13.5. The zero-order valence-electron chi connectivity index (χ0n) is 18.8. The summed E-state index contributed by atoms with van der Waals surface area (Å²) in [6, 6.07) is 7.22. The Morgan fingerprint density at radius 2 is 1.73 bits per heavy atom. The molecule has 162 valence electrons. The summed E-state index contributed by atoms with van der Waals surface area (Å²) in [5, 5.41) is 3.68. The number of pyridine rings is 2. The molecular formula is C24H34N4O2. The van der Waals surface area contributed by atoms with E-state index < -0.39 is 0 Å². The highest BCUT2D eigenvalue weighted by molar-refractivity contribution is 5.94. The number of piperidine rings is 1. The average molecular weight is 411 g/mol. The highest BCUT2D eigenvalue weighted by Crippen LogP contribution is 2.32. The van der Waals surface area contributed by atoms with Crippen molar-refractivity contribution in [2.75, 3.05) is 6.54 Å². The van der Waals surface area contributed by atoms with Crippen LogP contribution in [0.1, 0.15) is 70.7 Å². The standard InChI is InChI=1S/C24H34N4O2/c1-6-7-14-28(18-15-23(2,3)27-24(4,5)16-18)22(30)19-8-9-20(26-21(19)29)17-10-12-25-13-11-17/h8-13,18,27H,6-7,14-16H2,1-5H3,(H,26,29). The summed E-state index contributed by atoms with van der Waals surface area (Å²) in [5.74, 6) is -0.176. The number of hydrogen-bond acceptors (Lipinski definition) is 4. The van der Waals surface area contributed by atoms with Crippen LogP contribution in [0.2, 0.25) is 0 Å². The SMILES string of the molecule is CCCCN(C(=O)c1ccc(-c2ccncc2)[nH]c1=O)C1CC(C)(C)NC(C)(C)C1. The van der Waals surface area contributed by atoms with Gasteiger partial charge in [-0.05, 0) is 71.2 Å². The monoisotopic (exact) mass is 410 g/mol. The van der Waals surface area contributed by atoms with Gasteiger partial charge < -0.3 is 15.2 Å². The van der Waals surface area contributed by atoms with E-state index in [9.17, 15) is 9.59 Å². The summed E-state index contributed by atoms with van der Waals surface area (Å²) in [6.45, 7) is 11.5. The van der Waals surface area contributed by atoms with Gasteiger partial charge in [0, 0.05) is 47.3 Å². The van der Waals surface area contributed by atoms with Crippen LogP contribution in [0.15, 0.2) is 41.5 Å². The van der Waals surface area contributed by atoms with E-state index in [1.165, 1.54) is 0 Å². The fourth-order valence-corrected chi connectivity index (χ4v) is 4.76. The van der Waals surface area contributed by atoms with Gasteiger partial charge in [-0.1, -0.05) is 13.3 Å². The maximum absolute atomic E-state index is 13.5. The number of hydrogen-bond donors (Lipinski definition) is 2. The molecule has 0 atom stereocenters. The van der Waals surface area contributed by atoms with Crippen LogP contribution in [0, 0.1) is 0 Å². The Bertz CT molecular complexity index is 918. The molecule has 1 fully saturated rings. The summed E-state index contributed by atoms with van der Waals surface area (Å²) < 4.78 is 0. The Morgan fingerprint density at radius 1 is 1.10 bits per heavy atom. The van der Waals surface area contributed by atoms with Crippen LogP contribution in [0.3, 0.4) is 0 Å². The Balaban J connectivity index is 1.91. The van der Waals surface area contributed by atoms with Crippen molar-refractivity contribution in [3.63, 3.8) is 0 Å². The predicted molar refractivity (Wildman–Crippen MR) is 121 cm³/mol. The van der Waals surface area contributed by atoms with Crippen LogP contribution in [-0.2, 0) is 0 Å². The Kier molecular flexibility index (Phi) is 6.46. The van der Waals surface area contributed by atoms with Crippen LogP contribution >= 0.6 is 0 Å². The molecule has 0 saturated carbocycles. The second-order valence-corrected chi connectivity index (χ2v) is 9.66. The molecule has 3 heterocycles. The van der Waals surface area contributed by atoms with Crippen molar-refractivity contribution in [1.82, 2.24) is 20.2 Å². The number of nitrogens with one attached hydrogen (secondary N) is 2. The fraction of sp³-hybridized carbons (Fsp3) is 0.542. The van der Waals surface area contributed by atoms with Crippen LogP contribution in [0.4, 0.5) is 0 Å². The lowest BCUT2D eigenvalue weighted by Gasteiger charge is -2.49. The van der Waals surface area contributed by atoms with Crippen molar-refractivity contribution < 1.29 is 4.79 Å². The molecule has 3 rings (SSSR count). The Morgan fingerprint density at radius 3 is 2.30 bits per heavy atom.